The predicted molar refractivity (Wildman–Crippen MR) is 78.8 cm³/mol. The van der Waals surface area contributed by atoms with Crippen LogP contribution in [-0.2, 0) is 16.4 Å². The number of likely N-dealkylation sites (N-methyl/N-ethyl adjacent to an activating group) is 1. The molecule has 0 bridgehead atoms. The molecule has 0 heterocycles. The molecule has 108 valence electrons. The maximum atomic E-state index is 11.8. The van der Waals surface area contributed by atoms with E-state index < -0.39 is 10.0 Å². The molecule has 1 unspecified atom stereocenters. The average molecular weight is 284 g/mol. The van der Waals surface area contributed by atoms with E-state index in [0.29, 0.717) is 17.5 Å². The minimum absolute atomic E-state index is 0.328. The quantitative estimate of drug-likeness (QED) is 0.767. The predicted octanol–water partition coefficient (Wildman–Crippen LogP) is 1.92. The highest BCUT2D eigenvalue weighted by atomic mass is 32.2. The summed E-state index contributed by atoms with van der Waals surface area (Å²) in [5.41, 5.74) is 1.16. The van der Waals surface area contributed by atoms with E-state index in [0.717, 1.165) is 24.8 Å². The molecule has 4 nitrogen and oxygen atoms in total. The topological polar surface area (TPSA) is 58.2 Å². The second kappa shape index (κ2) is 7.62. The zero-order valence-electron chi connectivity index (χ0n) is 11.9. The van der Waals surface area contributed by atoms with Crippen LogP contribution in [-0.4, -0.2) is 28.1 Å². The van der Waals surface area contributed by atoms with Gasteiger partial charge in [-0.3, -0.25) is 0 Å². The van der Waals surface area contributed by atoms with Gasteiger partial charge >= 0.3 is 0 Å². The Bertz CT molecular complexity index is 469. The first-order valence-corrected chi connectivity index (χ1v) is 8.27. The monoisotopic (exact) mass is 284 g/mol. The molecule has 5 heteroatoms. The average Bonchev–Trinajstić information content (AvgIpc) is 2.39. The molecule has 0 saturated carbocycles. The van der Waals surface area contributed by atoms with Crippen molar-refractivity contribution in [1.29, 1.82) is 0 Å². The van der Waals surface area contributed by atoms with Gasteiger partial charge in [-0.15, -0.1) is 0 Å². The molecular formula is C14H24N2O2S. The third-order valence-electron chi connectivity index (χ3n) is 3.10. The third kappa shape index (κ3) is 4.93. The zero-order valence-corrected chi connectivity index (χ0v) is 12.8. The van der Waals surface area contributed by atoms with E-state index >= 15 is 0 Å². The SMILES string of the molecule is CCCC(Cc1ccc(S(=O)(=O)NCC)cc1)NC. The van der Waals surface area contributed by atoms with Crippen LogP contribution < -0.4 is 10.0 Å². The lowest BCUT2D eigenvalue weighted by Crippen LogP contribution is -2.27. The largest absolute Gasteiger partial charge is 0.317 e. The fourth-order valence-corrected chi connectivity index (χ4v) is 3.10. The molecule has 1 rings (SSSR count). The van der Waals surface area contributed by atoms with Crippen LogP contribution in [0.25, 0.3) is 0 Å². The summed E-state index contributed by atoms with van der Waals surface area (Å²) in [5.74, 6) is 0. The highest BCUT2D eigenvalue weighted by molar-refractivity contribution is 7.89. The maximum Gasteiger partial charge on any atom is 0.240 e. The summed E-state index contributed by atoms with van der Waals surface area (Å²) in [6.45, 7) is 4.34. The molecule has 0 radical (unpaired) electrons. The lowest BCUT2D eigenvalue weighted by molar-refractivity contribution is 0.513. The van der Waals surface area contributed by atoms with Gasteiger partial charge in [0.05, 0.1) is 4.90 Å². The number of benzene rings is 1. The summed E-state index contributed by atoms with van der Waals surface area (Å²) in [5, 5.41) is 3.29. The Morgan fingerprint density at radius 3 is 2.26 bits per heavy atom. The molecule has 0 fully saturated rings. The number of rotatable bonds is 8. The van der Waals surface area contributed by atoms with Crippen LogP contribution in [0.1, 0.15) is 32.3 Å². The second-order valence-electron chi connectivity index (χ2n) is 4.62. The summed E-state index contributed by atoms with van der Waals surface area (Å²) < 4.78 is 26.1. The first kappa shape index (κ1) is 16.1. The number of nitrogens with one attached hydrogen (secondary N) is 2. The second-order valence-corrected chi connectivity index (χ2v) is 6.39. The van der Waals surface area contributed by atoms with Crippen molar-refractivity contribution in [2.75, 3.05) is 13.6 Å². The van der Waals surface area contributed by atoms with E-state index in [-0.39, 0.29) is 0 Å². The van der Waals surface area contributed by atoms with Gasteiger partial charge in [0.25, 0.3) is 0 Å². The third-order valence-corrected chi connectivity index (χ3v) is 4.66. The van der Waals surface area contributed by atoms with Crippen molar-refractivity contribution >= 4 is 10.0 Å². The maximum absolute atomic E-state index is 11.8. The summed E-state index contributed by atoms with van der Waals surface area (Å²) in [6, 6.07) is 7.58. The fourth-order valence-electron chi connectivity index (χ4n) is 2.06. The molecule has 0 spiro atoms. The Balaban J connectivity index is 2.76. The number of hydrogen-bond acceptors (Lipinski definition) is 3. The van der Waals surface area contributed by atoms with Crippen molar-refractivity contribution in [3.05, 3.63) is 29.8 Å². The highest BCUT2D eigenvalue weighted by Crippen LogP contribution is 2.13. The van der Waals surface area contributed by atoms with Crippen molar-refractivity contribution in [1.82, 2.24) is 10.0 Å². The smallest absolute Gasteiger partial charge is 0.240 e. The van der Waals surface area contributed by atoms with Gasteiger partial charge in [-0.1, -0.05) is 32.4 Å². The molecule has 1 aromatic carbocycles. The Morgan fingerprint density at radius 1 is 1.16 bits per heavy atom. The lowest BCUT2D eigenvalue weighted by atomic mass is 10.0. The fraction of sp³-hybridized carbons (Fsp3) is 0.571. The summed E-state index contributed by atoms with van der Waals surface area (Å²) >= 11 is 0. The van der Waals surface area contributed by atoms with Gasteiger partial charge < -0.3 is 5.32 Å². The molecular weight excluding hydrogens is 260 g/mol. The van der Waals surface area contributed by atoms with E-state index in [4.69, 9.17) is 0 Å². The Labute approximate surface area is 116 Å². The van der Waals surface area contributed by atoms with Crippen molar-refractivity contribution < 1.29 is 8.42 Å². The van der Waals surface area contributed by atoms with Gasteiger partial charge in [-0.25, -0.2) is 13.1 Å². The van der Waals surface area contributed by atoms with Gasteiger partial charge in [0.2, 0.25) is 10.0 Å². The molecule has 19 heavy (non-hydrogen) atoms. The molecule has 0 aliphatic heterocycles. The van der Waals surface area contributed by atoms with Crippen LogP contribution >= 0.6 is 0 Å². The van der Waals surface area contributed by atoms with E-state index in [1.54, 1.807) is 19.1 Å². The van der Waals surface area contributed by atoms with Gasteiger partial charge in [0.1, 0.15) is 0 Å². The first-order chi connectivity index (χ1) is 9.03. The van der Waals surface area contributed by atoms with E-state index in [1.165, 1.54) is 0 Å². The molecule has 0 amide bonds. The Morgan fingerprint density at radius 2 is 1.79 bits per heavy atom. The van der Waals surface area contributed by atoms with Gasteiger partial charge in [0, 0.05) is 12.6 Å². The molecule has 2 N–H and O–H groups in total. The number of hydrogen-bond donors (Lipinski definition) is 2. The minimum atomic E-state index is -3.34. The van der Waals surface area contributed by atoms with Crippen LogP contribution in [0.2, 0.25) is 0 Å². The van der Waals surface area contributed by atoms with E-state index in [9.17, 15) is 8.42 Å². The Kier molecular flexibility index (Phi) is 6.48. The van der Waals surface area contributed by atoms with Crippen LogP contribution in [0.4, 0.5) is 0 Å². The molecule has 1 aromatic rings. The standard InChI is InChI=1S/C14H24N2O2S/c1-4-6-13(15-3)11-12-7-9-14(10-8-12)19(17,18)16-5-2/h7-10,13,15-16H,4-6,11H2,1-3H3. The summed E-state index contributed by atoms with van der Waals surface area (Å²) in [4.78, 5) is 0.328. The van der Waals surface area contributed by atoms with Crippen molar-refractivity contribution in [3.63, 3.8) is 0 Å². The van der Waals surface area contributed by atoms with E-state index in [1.807, 2.05) is 19.2 Å². The Hall–Kier alpha value is -0.910. The molecule has 0 aromatic heterocycles. The van der Waals surface area contributed by atoms with Crippen molar-refractivity contribution in [2.45, 2.75) is 44.0 Å². The van der Waals surface area contributed by atoms with E-state index in [2.05, 4.69) is 17.0 Å². The lowest BCUT2D eigenvalue weighted by Gasteiger charge is -2.15. The van der Waals surface area contributed by atoms with Gasteiger partial charge in [-0.2, -0.15) is 0 Å². The highest BCUT2D eigenvalue weighted by Gasteiger charge is 2.12. The summed E-state index contributed by atoms with van der Waals surface area (Å²) in [6.07, 6.45) is 3.18. The van der Waals surface area contributed by atoms with Crippen molar-refractivity contribution in [3.8, 4) is 0 Å². The first-order valence-electron chi connectivity index (χ1n) is 6.79. The normalized spacial score (nSPS) is 13.4. The minimum Gasteiger partial charge on any atom is -0.317 e. The molecule has 0 aliphatic rings. The zero-order chi connectivity index (χ0) is 14.3. The van der Waals surface area contributed by atoms with Crippen molar-refractivity contribution in [2.24, 2.45) is 0 Å². The van der Waals surface area contributed by atoms with Gasteiger partial charge in [0.15, 0.2) is 0 Å². The molecule has 0 saturated heterocycles. The molecule has 0 aliphatic carbocycles. The van der Waals surface area contributed by atoms with Crippen LogP contribution in [0, 0.1) is 0 Å². The van der Waals surface area contributed by atoms with Crippen LogP contribution in [0.3, 0.4) is 0 Å². The summed E-state index contributed by atoms with van der Waals surface area (Å²) in [7, 11) is -1.37. The van der Waals surface area contributed by atoms with Crippen LogP contribution in [0.5, 0.6) is 0 Å². The number of sulfonamides is 1. The van der Waals surface area contributed by atoms with Crippen LogP contribution in [0.15, 0.2) is 29.2 Å². The molecule has 1 atom stereocenters. The van der Waals surface area contributed by atoms with Gasteiger partial charge in [-0.05, 0) is 37.6 Å².